The maximum absolute atomic E-state index is 12.7. The molecule has 0 spiro atoms. The molecule has 0 aliphatic carbocycles. The molecule has 0 radical (unpaired) electrons. The zero-order valence-corrected chi connectivity index (χ0v) is 18.5. The molecule has 2 heterocycles. The van der Waals surface area contributed by atoms with E-state index in [2.05, 4.69) is 4.98 Å². The molecule has 0 bridgehead atoms. The summed E-state index contributed by atoms with van der Waals surface area (Å²) >= 11 is 0. The summed E-state index contributed by atoms with van der Waals surface area (Å²) in [5.74, 6) is -0.352. The predicted molar refractivity (Wildman–Crippen MR) is 110 cm³/mol. The highest BCUT2D eigenvalue weighted by molar-refractivity contribution is 5.71. The van der Waals surface area contributed by atoms with Crippen LogP contribution in [-0.2, 0) is 19.0 Å². The molecule has 1 amide bonds. The smallest absolute Gasteiger partial charge is 0.410 e. The molecule has 0 aromatic carbocycles. The van der Waals surface area contributed by atoms with E-state index in [4.69, 9.17) is 19.9 Å². The highest BCUT2D eigenvalue weighted by Crippen LogP contribution is 2.28. The highest BCUT2D eigenvalue weighted by Gasteiger charge is 2.39. The number of ether oxygens (including phenoxy) is 3. The average Bonchev–Trinajstić information content (AvgIpc) is 2.95. The number of aromatic nitrogens is 2. The van der Waals surface area contributed by atoms with Crippen molar-refractivity contribution in [1.82, 2.24) is 14.5 Å². The molecule has 1 fully saturated rings. The fraction of sp³-hybridized carbons (Fsp3) is 0.700. The van der Waals surface area contributed by atoms with E-state index >= 15 is 0 Å². The van der Waals surface area contributed by atoms with E-state index in [1.165, 1.54) is 15.5 Å². The zero-order chi connectivity index (χ0) is 22.7. The van der Waals surface area contributed by atoms with E-state index in [0.717, 1.165) is 0 Å². The molecule has 2 atom stereocenters. The van der Waals surface area contributed by atoms with Crippen molar-refractivity contribution in [2.24, 2.45) is 0 Å². The largest absolute Gasteiger partial charge is 0.458 e. The standard InChI is InChI=1S/C20H32N4O6/c1-19(2,3)29-16(25)12-28-11-14-9-13(23-8-7-15(21)22-17(23)26)10-24(14)18(27)30-20(4,5)6/h7-8,13-14H,9-12H2,1-6H3,(H2,21,22,26)/t13-,14-/m1/s1. The maximum Gasteiger partial charge on any atom is 0.410 e. The topological polar surface area (TPSA) is 126 Å². The van der Waals surface area contributed by atoms with E-state index < -0.39 is 29.0 Å². The van der Waals surface area contributed by atoms with Gasteiger partial charge >= 0.3 is 17.8 Å². The fourth-order valence-electron chi connectivity index (χ4n) is 3.15. The van der Waals surface area contributed by atoms with Crippen molar-refractivity contribution in [3.63, 3.8) is 0 Å². The molecular weight excluding hydrogens is 392 g/mol. The first-order valence-electron chi connectivity index (χ1n) is 9.89. The highest BCUT2D eigenvalue weighted by atomic mass is 16.6. The first kappa shape index (κ1) is 23.7. The van der Waals surface area contributed by atoms with E-state index in [-0.39, 0.29) is 37.7 Å². The van der Waals surface area contributed by atoms with Gasteiger partial charge < -0.3 is 24.8 Å². The molecular formula is C20H32N4O6. The Morgan fingerprint density at radius 1 is 1.17 bits per heavy atom. The maximum atomic E-state index is 12.7. The Balaban J connectivity index is 2.10. The van der Waals surface area contributed by atoms with Crippen LogP contribution in [0.3, 0.4) is 0 Å². The summed E-state index contributed by atoms with van der Waals surface area (Å²) in [4.78, 5) is 42.1. The van der Waals surface area contributed by atoms with Gasteiger partial charge in [-0.15, -0.1) is 0 Å². The lowest BCUT2D eigenvalue weighted by molar-refractivity contribution is -0.160. The van der Waals surface area contributed by atoms with E-state index in [1.54, 1.807) is 47.7 Å². The number of hydrogen-bond acceptors (Lipinski definition) is 8. The molecule has 1 aromatic rings. The molecule has 1 saturated heterocycles. The molecule has 1 aliphatic rings. The molecule has 168 valence electrons. The average molecular weight is 424 g/mol. The van der Waals surface area contributed by atoms with Crippen molar-refractivity contribution in [2.75, 3.05) is 25.5 Å². The number of carbonyl (C=O) groups excluding carboxylic acids is 2. The minimum absolute atomic E-state index is 0.103. The second-order valence-corrected chi connectivity index (χ2v) is 9.32. The Morgan fingerprint density at radius 3 is 2.37 bits per heavy atom. The third kappa shape index (κ3) is 7.01. The van der Waals surface area contributed by atoms with Gasteiger partial charge in [0.1, 0.15) is 23.6 Å². The summed E-state index contributed by atoms with van der Waals surface area (Å²) in [6.45, 7) is 10.8. The van der Waals surface area contributed by atoms with E-state index in [9.17, 15) is 14.4 Å². The van der Waals surface area contributed by atoms with Crippen LogP contribution >= 0.6 is 0 Å². The Labute approximate surface area is 176 Å². The number of rotatable bonds is 5. The Morgan fingerprint density at radius 2 is 1.80 bits per heavy atom. The molecule has 10 heteroatoms. The minimum atomic E-state index is -0.670. The number of amides is 1. The van der Waals surface area contributed by atoms with Crippen LogP contribution in [0.1, 0.15) is 54.0 Å². The molecule has 1 aromatic heterocycles. The minimum Gasteiger partial charge on any atom is -0.458 e. The summed E-state index contributed by atoms with van der Waals surface area (Å²) < 4.78 is 17.7. The van der Waals surface area contributed by atoms with Crippen molar-refractivity contribution < 1.29 is 23.8 Å². The molecule has 0 saturated carbocycles. The van der Waals surface area contributed by atoms with E-state index in [0.29, 0.717) is 6.42 Å². The lowest BCUT2D eigenvalue weighted by atomic mass is 10.2. The summed E-state index contributed by atoms with van der Waals surface area (Å²) in [5.41, 5.74) is 3.80. The van der Waals surface area contributed by atoms with Crippen molar-refractivity contribution in [3.8, 4) is 0 Å². The van der Waals surface area contributed by atoms with Crippen molar-refractivity contribution in [2.45, 2.75) is 71.2 Å². The number of nitrogen functional groups attached to an aromatic ring is 1. The van der Waals surface area contributed by atoms with Gasteiger partial charge in [-0.1, -0.05) is 0 Å². The quantitative estimate of drug-likeness (QED) is 0.708. The lowest BCUT2D eigenvalue weighted by Crippen LogP contribution is -2.42. The predicted octanol–water partition coefficient (Wildman–Crippen LogP) is 1.73. The van der Waals surface area contributed by atoms with Crippen molar-refractivity contribution in [3.05, 3.63) is 22.7 Å². The fourth-order valence-corrected chi connectivity index (χ4v) is 3.15. The molecule has 30 heavy (non-hydrogen) atoms. The van der Waals surface area contributed by atoms with Gasteiger partial charge in [-0.05, 0) is 54.0 Å². The van der Waals surface area contributed by atoms with Gasteiger partial charge in [-0.2, -0.15) is 4.98 Å². The first-order chi connectivity index (χ1) is 13.7. The number of esters is 1. The van der Waals surface area contributed by atoms with Crippen LogP contribution in [0.25, 0.3) is 0 Å². The monoisotopic (exact) mass is 424 g/mol. The van der Waals surface area contributed by atoms with Crippen molar-refractivity contribution in [1.29, 1.82) is 0 Å². The van der Waals surface area contributed by atoms with Crippen LogP contribution in [-0.4, -0.2) is 63.5 Å². The molecule has 1 aliphatic heterocycles. The first-order valence-corrected chi connectivity index (χ1v) is 9.89. The normalized spacial score (nSPS) is 19.6. The Kier molecular flexibility index (Phi) is 7.12. The zero-order valence-electron chi connectivity index (χ0n) is 18.5. The number of carbonyl (C=O) groups is 2. The van der Waals surface area contributed by atoms with Gasteiger partial charge in [0.15, 0.2) is 0 Å². The van der Waals surface area contributed by atoms with Crippen LogP contribution in [0.2, 0.25) is 0 Å². The third-order valence-corrected chi connectivity index (χ3v) is 4.22. The van der Waals surface area contributed by atoms with E-state index in [1.807, 2.05) is 0 Å². The van der Waals surface area contributed by atoms with Crippen molar-refractivity contribution >= 4 is 17.9 Å². The van der Waals surface area contributed by atoms with Gasteiger partial charge in [0.25, 0.3) is 0 Å². The van der Waals surface area contributed by atoms with Gasteiger partial charge in [0, 0.05) is 12.7 Å². The number of likely N-dealkylation sites (tertiary alicyclic amines) is 1. The van der Waals surface area contributed by atoms with Crippen LogP contribution in [0, 0.1) is 0 Å². The lowest BCUT2D eigenvalue weighted by Gasteiger charge is -2.28. The Bertz CT molecular complexity index is 824. The molecule has 10 nitrogen and oxygen atoms in total. The summed E-state index contributed by atoms with van der Waals surface area (Å²) in [6, 6.07) is 0.843. The summed E-state index contributed by atoms with van der Waals surface area (Å²) in [7, 11) is 0. The molecule has 0 unspecified atom stereocenters. The Hall–Kier alpha value is -2.62. The van der Waals surface area contributed by atoms with Gasteiger partial charge in [-0.25, -0.2) is 14.4 Å². The number of nitrogens with two attached hydrogens (primary N) is 1. The number of nitrogens with zero attached hydrogens (tertiary/aromatic N) is 3. The van der Waals surface area contributed by atoms with Gasteiger partial charge in [0.05, 0.1) is 18.7 Å². The summed E-state index contributed by atoms with van der Waals surface area (Å²) in [6.07, 6.45) is 1.50. The van der Waals surface area contributed by atoms with Crippen LogP contribution in [0.4, 0.5) is 10.6 Å². The van der Waals surface area contributed by atoms with Gasteiger partial charge in [-0.3, -0.25) is 4.57 Å². The summed E-state index contributed by atoms with van der Waals surface area (Å²) in [5, 5.41) is 0. The van der Waals surface area contributed by atoms with Crippen LogP contribution in [0.5, 0.6) is 0 Å². The number of hydrogen-bond donors (Lipinski definition) is 1. The number of anilines is 1. The van der Waals surface area contributed by atoms with Gasteiger partial charge in [0.2, 0.25) is 0 Å². The SMILES string of the molecule is CC(C)(C)OC(=O)COC[C@H]1C[C@@H](n2ccc(N)nc2=O)CN1C(=O)OC(C)(C)C. The molecule has 2 rings (SSSR count). The van der Waals surface area contributed by atoms with Crippen LogP contribution in [0.15, 0.2) is 17.1 Å². The second kappa shape index (κ2) is 9.03. The molecule has 2 N–H and O–H groups in total. The van der Waals surface area contributed by atoms with Crippen LogP contribution < -0.4 is 11.4 Å². The second-order valence-electron chi connectivity index (χ2n) is 9.32. The third-order valence-electron chi connectivity index (χ3n) is 4.22.